The molecule has 0 spiro atoms. The van der Waals surface area contributed by atoms with Crippen LogP contribution < -0.4 is 5.48 Å². The molecule has 1 fully saturated rings. The molecule has 1 aliphatic rings. The fourth-order valence-electron chi connectivity index (χ4n) is 1.89. The smallest absolute Gasteiger partial charge is 0.0685 e. The van der Waals surface area contributed by atoms with Gasteiger partial charge in [0.15, 0.2) is 0 Å². The maximum Gasteiger partial charge on any atom is 0.0685 e. The lowest BCUT2D eigenvalue weighted by molar-refractivity contribution is 0.0486. The first-order valence-corrected chi connectivity index (χ1v) is 5.26. The molecule has 1 unspecified atom stereocenters. The van der Waals surface area contributed by atoms with E-state index in [1.54, 1.807) is 0 Å². The number of nitrogens with zero attached hydrogens (tertiary/aromatic N) is 1. The second-order valence-electron chi connectivity index (χ2n) is 4.08. The Labute approximate surface area is 81.4 Å². The van der Waals surface area contributed by atoms with Gasteiger partial charge in [-0.1, -0.05) is 0 Å². The fraction of sp³-hybridized carbons (Fsp3) is 1.00. The van der Waals surface area contributed by atoms with Crippen molar-refractivity contribution in [3.05, 3.63) is 0 Å². The first-order valence-electron chi connectivity index (χ1n) is 5.26. The predicted octanol–water partition coefficient (Wildman–Crippen LogP) is 1.26. The average Bonchev–Trinajstić information content (AvgIpc) is 2.53. The van der Waals surface area contributed by atoms with Crippen LogP contribution in [0.4, 0.5) is 0 Å². The standard InChI is InChI=1S/C10H22N2O/c1-9(2)12-6-4-10(8-12)5-7-13-11-3/h9-11H,4-8H2,1-3H3. The molecule has 3 nitrogen and oxygen atoms in total. The molecule has 0 radical (unpaired) electrons. The third kappa shape index (κ3) is 3.63. The van der Waals surface area contributed by atoms with Gasteiger partial charge in [0.2, 0.25) is 0 Å². The molecule has 1 atom stereocenters. The molecule has 0 aromatic rings. The molecule has 1 N–H and O–H groups in total. The van der Waals surface area contributed by atoms with Crippen molar-refractivity contribution < 1.29 is 4.84 Å². The summed E-state index contributed by atoms with van der Waals surface area (Å²) in [7, 11) is 1.81. The van der Waals surface area contributed by atoms with E-state index in [4.69, 9.17) is 4.84 Å². The van der Waals surface area contributed by atoms with Crippen molar-refractivity contribution in [1.82, 2.24) is 10.4 Å². The highest BCUT2D eigenvalue weighted by atomic mass is 16.6. The molecular weight excluding hydrogens is 164 g/mol. The summed E-state index contributed by atoms with van der Waals surface area (Å²) in [5.41, 5.74) is 2.71. The lowest BCUT2D eigenvalue weighted by Crippen LogP contribution is -2.28. The van der Waals surface area contributed by atoms with Gasteiger partial charge in [0.1, 0.15) is 0 Å². The topological polar surface area (TPSA) is 24.5 Å². The van der Waals surface area contributed by atoms with Gasteiger partial charge in [-0.05, 0) is 39.2 Å². The Hall–Kier alpha value is -0.120. The van der Waals surface area contributed by atoms with Crippen LogP contribution in [0.3, 0.4) is 0 Å². The van der Waals surface area contributed by atoms with Crippen molar-refractivity contribution in [2.45, 2.75) is 32.7 Å². The molecule has 78 valence electrons. The molecule has 0 saturated carbocycles. The van der Waals surface area contributed by atoms with Crippen LogP contribution in [0.2, 0.25) is 0 Å². The van der Waals surface area contributed by atoms with Gasteiger partial charge in [-0.25, -0.2) is 5.48 Å². The average molecular weight is 186 g/mol. The van der Waals surface area contributed by atoms with Crippen molar-refractivity contribution in [2.75, 3.05) is 26.7 Å². The van der Waals surface area contributed by atoms with Gasteiger partial charge in [0.25, 0.3) is 0 Å². The molecule has 0 aromatic carbocycles. The van der Waals surface area contributed by atoms with Gasteiger partial charge in [-0.2, -0.15) is 0 Å². The molecule has 0 aromatic heterocycles. The highest BCUT2D eigenvalue weighted by Crippen LogP contribution is 2.20. The van der Waals surface area contributed by atoms with E-state index in [0.717, 1.165) is 12.5 Å². The Kier molecular flexibility index (Phi) is 4.70. The van der Waals surface area contributed by atoms with Crippen molar-refractivity contribution in [1.29, 1.82) is 0 Å². The normalized spacial score (nSPS) is 24.5. The Bertz CT molecular complexity index is 139. The van der Waals surface area contributed by atoms with Gasteiger partial charge < -0.3 is 9.74 Å². The van der Waals surface area contributed by atoms with Gasteiger partial charge in [0.05, 0.1) is 6.61 Å². The first-order chi connectivity index (χ1) is 6.24. The highest BCUT2D eigenvalue weighted by Gasteiger charge is 2.23. The maximum absolute atomic E-state index is 5.12. The molecule has 1 saturated heterocycles. The van der Waals surface area contributed by atoms with Crippen LogP contribution in [0.15, 0.2) is 0 Å². The van der Waals surface area contributed by atoms with Crippen LogP contribution >= 0.6 is 0 Å². The second kappa shape index (κ2) is 5.58. The van der Waals surface area contributed by atoms with Gasteiger partial charge in [-0.15, -0.1) is 0 Å². The molecule has 1 aliphatic heterocycles. The van der Waals surface area contributed by atoms with E-state index in [0.29, 0.717) is 6.04 Å². The van der Waals surface area contributed by atoms with E-state index in [2.05, 4.69) is 24.2 Å². The minimum atomic E-state index is 0.704. The van der Waals surface area contributed by atoms with Crippen molar-refractivity contribution in [2.24, 2.45) is 5.92 Å². The van der Waals surface area contributed by atoms with E-state index in [1.165, 1.54) is 25.9 Å². The van der Waals surface area contributed by atoms with E-state index < -0.39 is 0 Å². The fourth-order valence-corrected chi connectivity index (χ4v) is 1.89. The summed E-state index contributed by atoms with van der Waals surface area (Å²) < 4.78 is 0. The Morgan fingerprint density at radius 1 is 1.54 bits per heavy atom. The summed E-state index contributed by atoms with van der Waals surface area (Å²) in [4.78, 5) is 7.67. The maximum atomic E-state index is 5.12. The van der Waals surface area contributed by atoms with E-state index >= 15 is 0 Å². The highest BCUT2D eigenvalue weighted by molar-refractivity contribution is 4.77. The molecule has 3 heteroatoms. The summed E-state index contributed by atoms with van der Waals surface area (Å²) >= 11 is 0. The minimum absolute atomic E-state index is 0.704. The molecular formula is C10H22N2O. The molecule has 1 rings (SSSR count). The Balaban J connectivity index is 2.10. The first kappa shape index (κ1) is 11.0. The van der Waals surface area contributed by atoms with E-state index in [9.17, 15) is 0 Å². The summed E-state index contributed by atoms with van der Waals surface area (Å²) in [6.45, 7) is 7.90. The largest absolute Gasteiger partial charge is 0.302 e. The molecule has 0 amide bonds. The zero-order valence-electron chi connectivity index (χ0n) is 9.05. The van der Waals surface area contributed by atoms with Crippen molar-refractivity contribution >= 4 is 0 Å². The van der Waals surface area contributed by atoms with E-state index in [-0.39, 0.29) is 0 Å². The summed E-state index contributed by atoms with van der Waals surface area (Å²) in [6, 6.07) is 0.704. The Morgan fingerprint density at radius 3 is 2.85 bits per heavy atom. The molecule has 13 heavy (non-hydrogen) atoms. The third-order valence-corrected chi connectivity index (χ3v) is 2.82. The van der Waals surface area contributed by atoms with Crippen LogP contribution in [0.1, 0.15) is 26.7 Å². The zero-order chi connectivity index (χ0) is 9.68. The summed E-state index contributed by atoms with van der Waals surface area (Å²) in [5, 5.41) is 0. The van der Waals surface area contributed by atoms with Crippen LogP contribution in [0, 0.1) is 5.92 Å². The monoisotopic (exact) mass is 186 g/mol. The third-order valence-electron chi connectivity index (χ3n) is 2.82. The van der Waals surface area contributed by atoms with Crippen LogP contribution in [-0.2, 0) is 4.84 Å². The lowest BCUT2D eigenvalue weighted by Gasteiger charge is -2.20. The number of hydroxylamine groups is 1. The summed E-state index contributed by atoms with van der Waals surface area (Å²) in [5.74, 6) is 0.843. The Morgan fingerprint density at radius 2 is 2.31 bits per heavy atom. The number of hydrogen-bond donors (Lipinski definition) is 1. The van der Waals surface area contributed by atoms with Crippen molar-refractivity contribution in [3.8, 4) is 0 Å². The predicted molar refractivity (Wildman–Crippen MR) is 54.4 cm³/mol. The molecule has 1 heterocycles. The number of likely N-dealkylation sites (tertiary alicyclic amines) is 1. The number of rotatable bonds is 5. The lowest BCUT2D eigenvalue weighted by atomic mass is 10.1. The molecule has 0 bridgehead atoms. The van der Waals surface area contributed by atoms with Gasteiger partial charge in [0, 0.05) is 19.6 Å². The minimum Gasteiger partial charge on any atom is -0.302 e. The van der Waals surface area contributed by atoms with Crippen molar-refractivity contribution in [3.63, 3.8) is 0 Å². The SMILES string of the molecule is CNOCCC1CCN(C(C)C)C1. The van der Waals surface area contributed by atoms with Crippen LogP contribution in [0.5, 0.6) is 0 Å². The summed E-state index contributed by atoms with van der Waals surface area (Å²) in [6.07, 6.45) is 2.52. The van der Waals surface area contributed by atoms with Crippen LogP contribution in [0.25, 0.3) is 0 Å². The molecule has 0 aliphatic carbocycles. The number of nitrogens with one attached hydrogen (secondary N) is 1. The zero-order valence-corrected chi connectivity index (χ0v) is 9.05. The van der Waals surface area contributed by atoms with Crippen LogP contribution in [-0.4, -0.2) is 37.7 Å². The van der Waals surface area contributed by atoms with E-state index in [1.807, 2.05) is 7.05 Å². The second-order valence-corrected chi connectivity index (χ2v) is 4.08. The quantitative estimate of drug-likeness (QED) is 0.517. The number of hydrogen-bond acceptors (Lipinski definition) is 3. The van der Waals surface area contributed by atoms with Gasteiger partial charge >= 0.3 is 0 Å². The van der Waals surface area contributed by atoms with Gasteiger partial charge in [-0.3, -0.25) is 0 Å².